The zero-order valence-corrected chi connectivity index (χ0v) is 27.6. The van der Waals surface area contributed by atoms with Crippen LogP contribution in [0.3, 0.4) is 0 Å². The molecule has 0 bridgehead atoms. The Balaban J connectivity index is 1.20. The molecule has 4 heterocycles. The van der Waals surface area contributed by atoms with Crippen LogP contribution < -0.4 is 0 Å². The minimum absolute atomic E-state index is 0.959. The lowest BCUT2D eigenvalue weighted by molar-refractivity contribution is 1.15. The normalized spacial score (nSPS) is 11.9. The highest BCUT2D eigenvalue weighted by Gasteiger charge is 2.21. The van der Waals surface area contributed by atoms with E-state index < -0.39 is 0 Å². The van der Waals surface area contributed by atoms with Gasteiger partial charge in [0.05, 0.1) is 38.8 Å². The number of benzene rings is 7. The van der Waals surface area contributed by atoms with Gasteiger partial charge in [-0.2, -0.15) is 0 Å². The average Bonchev–Trinajstić information content (AvgIpc) is 3.84. The quantitative estimate of drug-likeness (QED) is 0.186. The van der Waals surface area contributed by atoms with E-state index in [1.807, 2.05) is 12.3 Å². The van der Waals surface area contributed by atoms with E-state index in [1.165, 1.54) is 65.4 Å². The van der Waals surface area contributed by atoms with E-state index in [0.29, 0.717) is 0 Å². The third kappa shape index (κ3) is 4.05. The molecule has 0 fully saturated rings. The van der Waals surface area contributed by atoms with Gasteiger partial charge >= 0.3 is 0 Å². The number of aromatic nitrogens is 4. The molecule has 0 amide bonds. The Bertz CT molecular complexity index is 3130. The topological polar surface area (TPSA) is 27.7 Å². The maximum atomic E-state index is 4.75. The molecule has 4 nitrogen and oxygen atoms in total. The van der Waals surface area contributed by atoms with Crippen molar-refractivity contribution in [1.82, 2.24) is 18.7 Å². The smallest absolute Gasteiger partial charge is 0.0722 e. The van der Waals surface area contributed by atoms with Crippen molar-refractivity contribution in [3.05, 3.63) is 182 Å². The molecule has 0 saturated heterocycles. The summed E-state index contributed by atoms with van der Waals surface area (Å²) in [6.07, 6.45) is 1.92. The summed E-state index contributed by atoms with van der Waals surface area (Å²) in [5.41, 5.74) is 12.6. The molecule has 51 heavy (non-hydrogen) atoms. The Labute approximate surface area is 293 Å². The van der Waals surface area contributed by atoms with Crippen LogP contribution in [-0.2, 0) is 0 Å². The summed E-state index contributed by atoms with van der Waals surface area (Å²) in [7, 11) is 0. The molecular weight excluding hydrogens is 621 g/mol. The monoisotopic (exact) mass is 650 g/mol. The van der Waals surface area contributed by atoms with Crippen LogP contribution in [0.15, 0.2) is 182 Å². The van der Waals surface area contributed by atoms with Crippen LogP contribution in [-0.4, -0.2) is 18.7 Å². The molecule has 238 valence electrons. The summed E-state index contributed by atoms with van der Waals surface area (Å²) in [5.74, 6) is 0. The second kappa shape index (κ2) is 10.8. The van der Waals surface area contributed by atoms with Gasteiger partial charge in [0.25, 0.3) is 0 Å². The van der Waals surface area contributed by atoms with Crippen molar-refractivity contribution in [2.24, 2.45) is 0 Å². The van der Waals surface area contributed by atoms with Crippen molar-refractivity contribution >= 4 is 65.4 Å². The van der Waals surface area contributed by atoms with Crippen LogP contribution in [0.5, 0.6) is 0 Å². The van der Waals surface area contributed by atoms with Crippen molar-refractivity contribution in [2.75, 3.05) is 0 Å². The Kier molecular flexibility index (Phi) is 5.92. The summed E-state index contributed by atoms with van der Waals surface area (Å²) in [6, 6.07) is 63.3. The first kappa shape index (κ1) is 28.0. The zero-order valence-electron chi connectivity index (χ0n) is 27.6. The van der Waals surface area contributed by atoms with Crippen molar-refractivity contribution in [3.63, 3.8) is 0 Å². The largest absolute Gasteiger partial charge is 0.309 e. The lowest BCUT2D eigenvalue weighted by Crippen LogP contribution is -1.96. The SMILES string of the molecule is c1ccc(-c2cc(-n3c4ccccc4c4c5c6ccccc6n(-c6ccc7c(c6)c6ccccc6n7-c6ccccc6)c5ccc43)ccn2)cc1. The van der Waals surface area contributed by atoms with Gasteiger partial charge in [0.15, 0.2) is 0 Å². The van der Waals surface area contributed by atoms with Gasteiger partial charge in [-0.3, -0.25) is 4.98 Å². The molecule has 0 aliphatic rings. The van der Waals surface area contributed by atoms with Gasteiger partial charge in [0.1, 0.15) is 0 Å². The molecule has 0 spiro atoms. The summed E-state index contributed by atoms with van der Waals surface area (Å²) < 4.78 is 7.22. The molecule has 11 rings (SSSR count). The highest BCUT2D eigenvalue weighted by atomic mass is 15.0. The number of hydrogen-bond acceptors (Lipinski definition) is 1. The number of rotatable bonds is 4. The average molecular weight is 651 g/mol. The fourth-order valence-electron chi connectivity index (χ4n) is 8.36. The highest BCUT2D eigenvalue weighted by molar-refractivity contribution is 6.29. The van der Waals surface area contributed by atoms with Crippen LogP contribution in [0.4, 0.5) is 0 Å². The molecule has 0 unspecified atom stereocenters. The third-order valence-electron chi connectivity index (χ3n) is 10.5. The third-order valence-corrected chi connectivity index (χ3v) is 10.5. The highest BCUT2D eigenvalue weighted by Crippen LogP contribution is 2.43. The predicted octanol–water partition coefficient (Wildman–Crippen LogP) is 12.0. The summed E-state index contributed by atoms with van der Waals surface area (Å²) >= 11 is 0. The van der Waals surface area contributed by atoms with Gasteiger partial charge in [0.2, 0.25) is 0 Å². The van der Waals surface area contributed by atoms with E-state index in [4.69, 9.17) is 4.98 Å². The maximum absolute atomic E-state index is 4.75. The fourth-order valence-corrected chi connectivity index (χ4v) is 8.36. The van der Waals surface area contributed by atoms with Crippen LogP contribution in [0.1, 0.15) is 0 Å². The molecule has 0 aliphatic heterocycles. The van der Waals surface area contributed by atoms with Gasteiger partial charge in [0, 0.05) is 61.1 Å². The molecule has 7 aromatic carbocycles. The number of nitrogens with zero attached hydrogens (tertiary/aromatic N) is 4. The predicted molar refractivity (Wildman–Crippen MR) is 213 cm³/mol. The Morgan fingerprint density at radius 3 is 1.43 bits per heavy atom. The zero-order chi connectivity index (χ0) is 33.5. The van der Waals surface area contributed by atoms with Crippen molar-refractivity contribution < 1.29 is 0 Å². The van der Waals surface area contributed by atoms with E-state index in [2.05, 4.69) is 184 Å². The molecule has 4 heteroatoms. The van der Waals surface area contributed by atoms with Gasteiger partial charge in [-0.25, -0.2) is 0 Å². The van der Waals surface area contributed by atoms with Crippen LogP contribution in [0.25, 0.3) is 93.7 Å². The minimum atomic E-state index is 0.959. The molecule has 0 radical (unpaired) electrons. The van der Waals surface area contributed by atoms with Crippen molar-refractivity contribution in [2.45, 2.75) is 0 Å². The van der Waals surface area contributed by atoms with E-state index in [1.54, 1.807) is 0 Å². The van der Waals surface area contributed by atoms with Gasteiger partial charge < -0.3 is 13.7 Å². The first-order chi connectivity index (χ1) is 25.3. The van der Waals surface area contributed by atoms with E-state index in [0.717, 1.165) is 28.3 Å². The fraction of sp³-hybridized carbons (Fsp3) is 0. The molecule has 0 aliphatic carbocycles. The molecule has 4 aromatic heterocycles. The van der Waals surface area contributed by atoms with E-state index in [-0.39, 0.29) is 0 Å². The van der Waals surface area contributed by atoms with Crippen molar-refractivity contribution in [3.8, 4) is 28.3 Å². The van der Waals surface area contributed by atoms with Crippen LogP contribution in [0, 0.1) is 0 Å². The number of hydrogen-bond donors (Lipinski definition) is 0. The second-order valence-electron chi connectivity index (χ2n) is 13.2. The van der Waals surface area contributed by atoms with Crippen LogP contribution in [0.2, 0.25) is 0 Å². The van der Waals surface area contributed by atoms with E-state index in [9.17, 15) is 0 Å². The Hall–Kier alpha value is -6.91. The Morgan fingerprint density at radius 2 is 0.784 bits per heavy atom. The summed E-state index contributed by atoms with van der Waals surface area (Å²) in [4.78, 5) is 4.75. The first-order valence-electron chi connectivity index (χ1n) is 17.4. The first-order valence-corrected chi connectivity index (χ1v) is 17.4. The Morgan fingerprint density at radius 1 is 0.314 bits per heavy atom. The molecule has 0 N–H and O–H groups in total. The van der Waals surface area contributed by atoms with Gasteiger partial charge in [-0.05, 0) is 72.8 Å². The lowest BCUT2D eigenvalue weighted by Gasteiger charge is -2.11. The number of pyridine rings is 1. The van der Waals surface area contributed by atoms with Gasteiger partial charge in [-0.15, -0.1) is 0 Å². The molecule has 0 atom stereocenters. The van der Waals surface area contributed by atoms with Crippen LogP contribution >= 0.6 is 0 Å². The summed E-state index contributed by atoms with van der Waals surface area (Å²) in [5, 5.41) is 7.49. The van der Waals surface area contributed by atoms with Gasteiger partial charge in [-0.1, -0.05) is 103 Å². The second-order valence-corrected chi connectivity index (χ2v) is 13.2. The van der Waals surface area contributed by atoms with E-state index >= 15 is 0 Å². The lowest BCUT2D eigenvalue weighted by atomic mass is 10.1. The maximum Gasteiger partial charge on any atom is 0.0722 e. The van der Waals surface area contributed by atoms with Crippen molar-refractivity contribution in [1.29, 1.82) is 0 Å². The summed E-state index contributed by atoms with van der Waals surface area (Å²) in [6.45, 7) is 0. The standard InChI is InChI=1S/C47H30N4/c1-3-13-31(14-4-1)39-30-34(27-28-48-39)51-42-22-12-9-19-37(42)47-45(51)26-25-44-46(47)36-18-8-11-21-41(36)50(44)33-23-24-43-38(29-33)35-17-7-10-20-40(35)49(43)32-15-5-2-6-16-32/h1-30H. The molecule has 0 saturated carbocycles. The molecule has 11 aromatic rings. The molecular formula is C47H30N4. The minimum Gasteiger partial charge on any atom is -0.309 e. The number of fused-ring (bicyclic) bond motifs is 10. The number of para-hydroxylation sites is 4.